The lowest BCUT2D eigenvalue weighted by Gasteiger charge is -2.15. The third-order valence-corrected chi connectivity index (χ3v) is 2.56. The van der Waals surface area contributed by atoms with Gasteiger partial charge in [-0.3, -0.25) is 10.1 Å². The van der Waals surface area contributed by atoms with E-state index in [1.165, 1.54) is 19.2 Å². The molecule has 0 aliphatic carbocycles. The largest absolute Gasteiger partial charge is 0.467 e. The summed E-state index contributed by atoms with van der Waals surface area (Å²) in [7, 11) is 1.31. The summed E-state index contributed by atoms with van der Waals surface area (Å²) in [6.07, 6.45) is 0.463. The van der Waals surface area contributed by atoms with E-state index in [0.717, 1.165) is 12.0 Å². The van der Waals surface area contributed by atoms with Crippen molar-refractivity contribution in [1.29, 1.82) is 0 Å². The first-order chi connectivity index (χ1) is 9.08. The summed E-state index contributed by atoms with van der Waals surface area (Å²) in [4.78, 5) is 21.6. The van der Waals surface area contributed by atoms with Gasteiger partial charge in [-0.2, -0.15) is 0 Å². The lowest BCUT2D eigenvalue weighted by Crippen LogP contribution is -2.28. The molecule has 1 aromatic rings. The minimum Gasteiger partial charge on any atom is -0.467 e. The normalized spacial score (nSPS) is 11.9. The Kier molecular flexibility index (Phi) is 5.95. The van der Waals surface area contributed by atoms with Crippen molar-refractivity contribution in [3.05, 3.63) is 39.9 Å². The number of carbonyl (C=O) groups excluding carboxylic acids is 1. The topological polar surface area (TPSA) is 78.7 Å². The molecule has 0 saturated carbocycles. The zero-order valence-corrected chi connectivity index (χ0v) is 11.0. The van der Waals surface area contributed by atoms with Crippen LogP contribution in [-0.2, 0) is 20.7 Å². The van der Waals surface area contributed by atoms with Gasteiger partial charge in [-0.15, -0.1) is 0 Å². The molecule has 1 rings (SSSR count). The third kappa shape index (κ3) is 4.67. The molecular weight excluding hydrogens is 250 g/mol. The summed E-state index contributed by atoms with van der Waals surface area (Å²) in [5, 5.41) is 10.5. The Morgan fingerprint density at radius 1 is 1.37 bits per heavy atom. The molecule has 0 radical (unpaired) electrons. The maximum atomic E-state index is 11.5. The minimum absolute atomic E-state index is 0.0212. The van der Waals surface area contributed by atoms with Gasteiger partial charge in [0.1, 0.15) is 0 Å². The van der Waals surface area contributed by atoms with E-state index < -0.39 is 17.0 Å². The van der Waals surface area contributed by atoms with Crippen LogP contribution in [-0.4, -0.2) is 30.7 Å². The molecule has 0 unspecified atom stereocenters. The number of nitro benzene ring substituents is 1. The molecule has 0 fully saturated rings. The minimum atomic E-state index is -0.675. The Labute approximate surface area is 111 Å². The van der Waals surface area contributed by atoms with Gasteiger partial charge in [0.2, 0.25) is 0 Å². The SMILES string of the molecule is CCCO[C@@H](Cc1ccc([N+](=O)[O-])cc1)C(=O)OC. The number of hydrogen-bond donors (Lipinski definition) is 0. The molecule has 0 aliphatic heterocycles. The van der Waals surface area contributed by atoms with Crippen LogP contribution >= 0.6 is 0 Å². The van der Waals surface area contributed by atoms with E-state index in [2.05, 4.69) is 4.74 Å². The van der Waals surface area contributed by atoms with Crippen LogP contribution in [0.2, 0.25) is 0 Å². The van der Waals surface area contributed by atoms with E-state index in [1.54, 1.807) is 12.1 Å². The Hall–Kier alpha value is -1.95. The highest BCUT2D eigenvalue weighted by atomic mass is 16.6. The van der Waals surface area contributed by atoms with Gasteiger partial charge in [0.25, 0.3) is 5.69 Å². The van der Waals surface area contributed by atoms with Crippen molar-refractivity contribution in [3.63, 3.8) is 0 Å². The van der Waals surface area contributed by atoms with Crippen LogP contribution in [0.1, 0.15) is 18.9 Å². The highest BCUT2D eigenvalue weighted by molar-refractivity contribution is 5.75. The number of methoxy groups -OCH3 is 1. The van der Waals surface area contributed by atoms with E-state index in [4.69, 9.17) is 4.74 Å². The molecule has 0 spiro atoms. The van der Waals surface area contributed by atoms with E-state index in [-0.39, 0.29) is 5.69 Å². The van der Waals surface area contributed by atoms with Gasteiger partial charge in [0.15, 0.2) is 6.10 Å². The Morgan fingerprint density at radius 2 is 2.00 bits per heavy atom. The van der Waals surface area contributed by atoms with Gasteiger partial charge < -0.3 is 9.47 Å². The van der Waals surface area contributed by atoms with Gasteiger partial charge in [-0.05, 0) is 12.0 Å². The molecule has 0 saturated heterocycles. The number of ether oxygens (including phenoxy) is 2. The first kappa shape index (κ1) is 15.1. The first-order valence-electron chi connectivity index (χ1n) is 6.01. The summed E-state index contributed by atoms with van der Waals surface area (Å²) in [6, 6.07) is 6.04. The van der Waals surface area contributed by atoms with Crippen molar-refractivity contribution in [2.45, 2.75) is 25.9 Å². The van der Waals surface area contributed by atoms with Crippen LogP contribution in [0.5, 0.6) is 0 Å². The summed E-state index contributed by atoms with van der Waals surface area (Å²) in [6.45, 7) is 2.41. The van der Waals surface area contributed by atoms with Crippen LogP contribution in [0.4, 0.5) is 5.69 Å². The molecule has 0 bridgehead atoms. The number of esters is 1. The third-order valence-electron chi connectivity index (χ3n) is 2.56. The fraction of sp³-hybridized carbons (Fsp3) is 0.462. The summed E-state index contributed by atoms with van der Waals surface area (Å²) < 4.78 is 10.1. The first-order valence-corrected chi connectivity index (χ1v) is 6.01. The monoisotopic (exact) mass is 267 g/mol. The van der Waals surface area contributed by atoms with Gasteiger partial charge in [0.05, 0.1) is 12.0 Å². The molecule has 19 heavy (non-hydrogen) atoms. The van der Waals surface area contributed by atoms with Crippen molar-refractivity contribution >= 4 is 11.7 Å². The average molecular weight is 267 g/mol. The van der Waals surface area contributed by atoms with Crippen LogP contribution < -0.4 is 0 Å². The second-order valence-corrected chi connectivity index (χ2v) is 4.01. The predicted octanol–water partition coefficient (Wildman–Crippen LogP) is 2.11. The summed E-state index contributed by atoms with van der Waals surface area (Å²) in [5.74, 6) is -0.438. The van der Waals surface area contributed by atoms with Gasteiger partial charge in [0, 0.05) is 25.2 Å². The summed E-state index contributed by atoms with van der Waals surface area (Å²) in [5.41, 5.74) is 0.810. The van der Waals surface area contributed by atoms with Gasteiger partial charge >= 0.3 is 5.97 Å². The quantitative estimate of drug-likeness (QED) is 0.429. The van der Waals surface area contributed by atoms with Crippen molar-refractivity contribution in [2.75, 3.05) is 13.7 Å². The van der Waals surface area contributed by atoms with Gasteiger partial charge in [-0.25, -0.2) is 4.79 Å². The number of nitro groups is 1. The molecule has 0 N–H and O–H groups in total. The number of carbonyl (C=O) groups is 1. The average Bonchev–Trinajstić information content (AvgIpc) is 2.43. The Bertz CT molecular complexity index is 429. The van der Waals surface area contributed by atoms with Crippen LogP contribution in [0, 0.1) is 10.1 Å². The molecule has 0 aliphatic rings. The molecule has 6 heteroatoms. The highest BCUT2D eigenvalue weighted by Crippen LogP contribution is 2.14. The molecule has 0 amide bonds. The molecule has 1 atom stereocenters. The van der Waals surface area contributed by atoms with E-state index in [1.807, 2.05) is 6.92 Å². The van der Waals surface area contributed by atoms with Crippen LogP contribution in [0.15, 0.2) is 24.3 Å². The fourth-order valence-electron chi connectivity index (χ4n) is 1.57. The standard InChI is InChI=1S/C13H17NO5/c1-3-8-19-12(13(15)18-2)9-10-4-6-11(7-5-10)14(16)17/h4-7,12H,3,8-9H2,1-2H3/t12-/m0/s1. The Balaban J connectivity index is 2.72. The number of hydrogen-bond acceptors (Lipinski definition) is 5. The molecule has 1 aromatic carbocycles. The number of benzene rings is 1. The molecule has 0 aromatic heterocycles. The van der Waals surface area contributed by atoms with E-state index >= 15 is 0 Å². The lowest BCUT2D eigenvalue weighted by molar-refractivity contribution is -0.384. The van der Waals surface area contributed by atoms with Crippen molar-refractivity contribution < 1.29 is 19.2 Å². The zero-order valence-electron chi connectivity index (χ0n) is 11.0. The Morgan fingerprint density at radius 3 is 2.47 bits per heavy atom. The fourth-order valence-corrected chi connectivity index (χ4v) is 1.57. The molecule has 6 nitrogen and oxygen atoms in total. The molecule has 0 heterocycles. The number of rotatable bonds is 7. The van der Waals surface area contributed by atoms with Crippen molar-refractivity contribution in [1.82, 2.24) is 0 Å². The number of nitrogens with zero attached hydrogens (tertiary/aromatic N) is 1. The number of non-ortho nitro benzene ring substituents is 1. The lowest BCUT2D eigenvalue weighted by atomic mass is 10.1. The van der Waals surface area contributed by atoms with Gasteiger partial charge in [-0.1, -0.05) is 19.1 Å². The van der Waals surface area contributed by atoms with Crippen molar-refractivity contribution in [3.8, 4) is 0 Å². The highest BCUT2D eigenvalue weighted by Gasteiger charge is 2.20. The van der Waals surface area contributed by atoms with Crippen molar-refractivity contribution in [2.24, 2.45) is 0 Å². The predicted molar refractivity (Wildman–Crippen MR) is 68.8 cm³/mol. The summed E-state index contributed by atoms with van der Waals surface area (Å²) >= 11 is 0. The second kappa shape index (κ2) is 7.48. The smallest absolute Gasteiger partial charge is 0.335 e. The second-order valence-electron chi connectivity index (χ2n) is 4.01. The zero-order chi connectivity index (χ0) is 14.3. The van der Waals surface area contributed by atoms with E-state index in [9.17, 15) is 14.9 Å². The maximum Gasteiger partial charge on any atom is 0.335 e. The van der Waals surface area contributed by atoms with Crippen LogP contribution in [0.3, 0.4) is 0 Å². The van der Waals surface area contributed by atoms with E-state index in [0.29, 0.717) is 13.0 Å². The van der Waals surface area contributed by atoms with Crippen LogP contribution in [0.25, 0.3) is 0 Å². The molecular formula is C13H17NO5. The maximum absolute atomic E-state index is 11.5. The molecule has 104 valence electrons.